The molecule has 0 aliphatic carbocycles. The van der Waals surface area contributed by atoms with Crippen LogP contribution in [-0.4, -0.2) is 6.61 Å². The SMILES string of the molecule is C(=C\c1ccccc1)/COC(c1ccccc1)(c1ccccc1)c1ccccc1. The molecular formula is C28H24O. The van der Waals surface area contributed by atoms with Crippen molar-refractivity contribution in [2.45, 2.75) is 5.60 Å². The quantitative estimate of drug-likeness (QED) is 0.326. The molecule has 1 nitrogen and oxygen atoms in total. The van der Waals surface area contributed by atoms with Crippen molar-refractivity contribution >= 4 is 6.08 Å². The first kappa shape index (κ1) is 18.9. The Labute approximate surface area is 172 Å². The highest BCUT2D eigenvalue weighted by Gasteiger charge is 2.37. The van der Waals surface area contributed by atoms with Crippen LogP contribution >= 0.6 is 0 Å². The summed E-state index contributed by atoms with van der Waals surface area (Å²) >= 11 is 0. The lowest BCUT2D eigenvalue weighted by Gasteiger charge is -2.35. The number of hydrogen-bond acceptors (Lipinski definition) is 1. The molecular weight excluding hydrogens is 352 g/mol. The maximum Gasteiger partial charge on any atom is 0.144 e. The summed E-state index contributed by atoms with van der Waals surface area (Å²) in [5.41, 5.74) is 3.84. The highest BCUT2D eigenvalue weighted by Crippen LogP contribution is 2.40. The first-order chi connectivity index (χ1) is 14.4. The van der Waals surface area contributed by atoms with Gasteiger partial charge in [0.1, 0.15) is 5.60 Å². The van der Waals surface area contributed by atoms with Crippen LogP contribution in [0.3, 0.4) is 0 Å². The molecule has 4 aromatic carbocycles. The summed E-state index contributed by atoms with van der Waals surface area (Å²) in [6.45, 7) is 0.494. The van der Waals surface area contributed by atoms with Gasteiger partial charge in [-0.1, -0.05) is 133 Å². The van der Waals surface area contributed by atoms with Gasteiger partial charge in [0, 0.05) is 0 Å². The minimum Gasteiger partial charge on any atom is -0.357 e. The molecule has 0 bridgehead atoms. The molecule has 0 aliphatic heterocycles. The minimum absolute atomic E-state index is 0.494. The molecule has 0 saturated carbocycles. The monoisotopic (exact) mass is 376 g/mol. The Morgan fingerprint density at radius 3 is 1.31 bits per heavy atom. The number of benzene rings is 4. The second-order valence-corrected chi connectivity index (χ2v) is 6.90. The van der Waals surface area contributed by atoms with E-state index in [1.54, 1.807) is 0 Å². The van der Waals surface area contributed by atoms with E-state index in [9.17, 15) is 0 Å². The van der Waals surface area contributed by atoms with Gasteiger partial charge in [0.2, 0.25) is 0 Å². The summed E-state index contributed by atoms with van der Waals surface area (Å²) in [7, 11) is 0. The van der Waals surface area contributed by atoms with Gasteiger partial charge >= 0.3 is 0 Å². The molecule has 0 radical (unpaired) electrons. The smallest absolute Gasteiger partial charge is 0.144 e. The van der Waals surface area contributed by atoms with E-state index in [0.29, 0.717) is 6.61 Å². The van der Waals surface area contributed by atoms with Crippen molar-refractivity contribution in [2.24, 2.45) is 0 Å². The molecule has 0 fully saturated rings. The molecule has 29 heavy (non-hydrogen) atoms. The second kappa shape index (κ2) is 9.18. The van der Waals surface area contributed by atoms with E-state index >= 15 is 0 Å². The standard InChI is InChI=1S/C28H24O/c1-5-14-24(15-6-1)16-13-23-29-28(25-17-7-2-8-18-25,26-19-9-3-10-20-26)27-21-11-4-12-22-27/h1-22H,23H2/b16-13+. The zero-order valence-corrected chi connectivity index (χ0v) is 16.3. The highest BCUT2D eigenvalue weighted by molar-refractivity contribution is 5.50. The van der Waals surface area contributed by atoms with Crippen LogP contribution in [0.4, 0.5) is 0 Å². The third-order valence-corrected chi connectivity index (χ3v) is 5.05. The van der Waals surface area contributed by atoms with Crippen LogP contribution in [0.25, 0.3) is 6.08 Å². The minimum atomic E-state index is -0.676. The van der Waals surface area contributed by atoms with Crippen molar-refractivity contribution in [1.82, 2.24) is 0 Å². The summed E-state index contributed by atoms with van der Waals surface area (Å²) in [5, 5.41) is 0. The molecule has 1 heteroatoms. The molecule has 0 saturated heterocycles. The van der Waals surface area contributed by atoms with Crippen LogP contribution in [0.1, 0.15) is 22.3 Å². The lowest BCUT2D eigenvalue weighted by molar-refractivity contribution is 0.0322. The van der Waals surface area contributed by atoms with E-state index in [2.05, 4.69) is 97.1 Å². The fraction of sp³-hybridized carbons (Fsp3) is 0.0714. The van der Waals surface area contributed by atoms with Gasteiger partial charge in [-0.15, -0.1) is 0 Å². The topological polar surface area (TPSA) is 9.23 Å². The molecule has 0 spiro atoms. The van der Waals surface area contributed by atoms with Crippen LogP contribution in [0.5, 0.6) is 0 Å². The molecule has 4 aromatic rings. The first-order valence-corrected chi connectivity index (χ1v) is 9.92. The molecule has 0 amide bonds. The Balaban J connectivity index is 1.76. The molecule has 0 atom stereocenters. The van der Waals surface area contributed by atoms with Gasteiger partial charge in [0.05, 0.1) is 6.61 Å². The molecule has 0 heterocycles. The van der Waals surface area contributed by atoms with Gasteiger partial charge in [0.25, 0.3) is 0 Å². The largest absolute Gasteiger partial charge is 0.357 e. The lowest BCUT2D eigenvalue weighted by atomic mass is 9.80. The fourth-order valence-corrected chi connectivity index (χ4v) is 3.69. The van der Waals surface area contributed by atoms with E-state index < -0.39 is 5.60 Å². The summed E-state index contributed by atoms with van der Waals surface area (Å²) in [4.78, 5) is 0. The summed E-state index contributed by atoms with van der Waals surface area (Å²) in [5.74, 6) is 0. The van der Waals surface area contributed by atoms with Crippen molar-refractivity contribution in [1.29, 1.82) is 0 Å². The number of ether oxygens (including phenoxy) is 1. The van der Waals surface area contributed by atoms with E-state index in [1.807, 2.05) is 36.4 Å². The maximum absolute atomic E-state index is 6.72. The normalized spacial score (nSPS) is 11.6. The fourth-order valence-electron chi connectivity index (χ4n) is 3.69. The van der Waals surface area contributed by atoms with Gasteiger partial charge in [0.15, 0.2) is 0 Å². The third kappa shape index (κ3) is 4.21. The predicted octanol–water partition coefficient (Wildman–Crippen LogP) is 6.71. The van der Waals surface area contributed by atoms with Crippen molar-refractivity contribution in [3.8, 4) is 0 Å². The summed E-state index contributed by atoms with van der Waals surface area (Å²) in [6, 6.07) is 41.7. The van der Waals surface area contributed by atoms with Crippen LogP contribution in [0.2, 0.25) is 0 Å². The molecule has 4 rings (SSSR count). The Kier molecular flexibility index (Phi) is 5.99. The molecule has 0 aromatic heterocycles. The van der Waals surface area contributed by atoms with Crippen molar-refractivity contribution in [3.05, 3.63) is 150 Å². The van der Waals surface area contributed by atoms with E-state index in [4.69, 9.17) is 4.74 Å². The van der Waals surface area contributed by atoms with E-state index in [0.717, 1.165) is 16.7 Å². The van der Waals surface area contributed by atoms with Gasteiger partial charge < -0.3 is 4.74 Å². The van der Waals surface area contributed by atoms with Gasteiger partial charge in [-0.2, -0.15) is 0 Å². The highest BCUT2D eigenvalue weighted by atomic mass is 16.5. The van der Waals surface area contributed by atoms with Crippen molar-refractivity contribution in [3.63, 3.8) is 0 Å². The first-order valence-electron chi connectivity index (χ1n) is 9.92. The molecule has 0 aliphatic rings. The Morgan fingerprint density at radius 2 is 0.897 bits per heavy atom. The van der Waals surface area contributed by atoms with Crippen molar-refractivity contribution in [2.75, 3.05) is 6.61 Å². The zero-order chi connectivity index (χ0) is 19.8. The summed E-state index contributed by atoms with van der Waals surface area (Å²) < 4.78 is 6.72. The van der Waals surface area contributed by atoms with Gasteiger partial charge in [-0.3, -0.25) is 0 Å². The van der Waals surface area contributed by atoms with Crippen LogP contribution < -0.4 is 0 Å². The molecule has 0 unspecified atom stereocenters. The molecule has 142 valence electrons. The van der Waals surface area contributed by atoms with E-state index in [1.165, 1.54) is 5.56 Å². The van der Waals surface area contributed by atoms with Crippen LogP contribution in [0, 0.1) is 0 Å². The Hall–Kier alpha value is -3.42. The van der Waals surface area contributed by atoms with Gasteiger partial charge in [-0.25, -0.2) is 0 Å². The Morgan fingerprint density at radius 1 is 0.517 bits per heavy atom. The second-order valence-electron chi connectivity index (χ2n) is 6.90. The number of rotatable bonds is 7. The van der Waals surface area contributed by atoms with Crippen LogP contribution in [-0.2, 0) is 10.3 Å². The molecule has 0 N–H and O–H groups in total. The maximum atomic E-state index is 6.72. The van der Waals surface area contributed by atoms with Crippen LogP contribution in [0.15, 0.2) is 127 Å². The average molecular weight is 376 g/mol. The lowest BCUT2D eigenvalue weighted by Crippen LogP contribution is -2.33. The van der Waals surface area contributed by atoms with E-state index in [-0.39, 0.29) is 0 Å². The Bertz CT molecular complexity index is 926. The third-order valence-electron chi connectivity index (χ3n) is 5.05. The van der Waals surface area contributed by atoms with Gasteiger partial charge in [-0.05, 0) is 22.3 Å². The number of hydrogen-bond donors (Lipinski definition) is 0. The predicted molar refractivity (Wildman–Crippen MR) is 121 cm³/mol. The summed E-state index contributed by atoms with van der Waals surface area (Å²) in [6.07, 6.45) is 4.19. The van der Waals surface area contributed by atoms with Crippen molar-refractivity contribution < 1.29 is 4.74 Å². The zero-order valence-electron chi connectivity index (χ0n) is 16.3. The average Bonchev–Trinajstić information content (AvgIpc) is 2.82.